The minimum absolute atomic E-state index is 0.0744. The molecule has 5 aromatic rings. The van der Waals surface area contributed by atoms with Crippen molar-refractivity contribution in [3.05, 3.63) is 95.7 Å². The maximum Gasteiger partial charge on any atom is 0.269 e. The normalized spacial score (nSPS) is 19.9. The molecule has 0 aliphatic carbocycles. The average molecular weight is 864 g/mol. The fourth-order valence-corrected chi connectivity index (χ4v) is 9.43. The lowest BCUT2D eigenvalue weighted by atomic mass is 9.92. The second-order valence-electron chi connectivity index (χ2n) is 17.0. The summed E-state index contributed by atoms with van der Waals surface area (Å²) in [5.74, 6) is -2.10. The molecule has 2 aromatic heterocycles. The number of anilines is 3. The van der Waals surface area contributed by atoms with Crippen molar-refractivity contribution in [2.75, 3.05) is 75.6 Å². The summed E-state index contributed by atoms with van der Waals surface area (Å²) in [6, 6.07) is 12.3. The van der Waals surface area contributed by atoms with Crippen molar-refractivity contribution in [2.45, 2.75) is 38.3 Å². The smallest absolute Gasteiger partial charge is 0.269 e. The number of aromatic nitrogens is 3. The molecule has 0 spiro atoms. The number of nitrogens with zero attached hydrogens (tertiary/aromatic N) is 6. The number of carbonyl (C=O) groups is 4. The van der Waals surface area contributed by atoms with Gasteiger partial charge in [0.05, 0.1) is 24.0 Å². The van der Waals surface area contributed by atoms with Crippen LogP contribution in [0.1, 0.15) is 41.7 Å². The van der Waals surface area contributed by atoms with Gasteiger partial charge in [0, 0.05) is 131 Å². The minimum atomic E-state index is -0.694. The molecule has 9 rings (SSSR count). The van der Waals surface area contributed by atoms with E-state index >= 15 is 13.2 Å². The first-order valence-electron chi connectivity index (χ1n) is 21.1. The Morgan fingerprint density at radius 3 is 2.43 bits per heavy atom. The Balaban J connectivity index is 0.936. The van der Waals surface area contributed by atoms with Crippen molar-refractivity contribution in [3.8, 4) is 16.9 Å². The molecular formula is C46H48F3N9O5. The largest absolute Gasteiger partial charge is 0.495 e. The molecule has 3 atom stereocenters. The Morgan fingerprint density at radius 1 is 0.952 bits per heavy atom. The highest BCUT2D eigenvalue weighted by atomic mass is 19.1. The van der Waals surface area contributed by atoms with Crippen LogP contribution in [0.25, 0.3) is 27.6 Å². The van der Waals surface area contributed by atoms with Gasteiger partial charge in [0.25, 0.3) is 5.91 Å². The summed E-state index contributed by atoms with van der Waals surface area (Å²) in [6.45, 7) is 3.47. The van der Waals surface area contributed by atoms with Crippen LogP contribution in [0, 0.1) is 29.3 Å². The predicted octanol–water partition coefficient (Wildman–Crippen LogP) is 5.65. The number of amides is 4. The number of piperidine rings is 1. The van der Waals surface area contributed by atoms with Crippen molar-refractivity contribution >= 4 is 57.2 Å². The van der Waals surface area contributed by atoms with Crippen LogP contribution in [0.2, 0.25) is 0 Å². The van der Waals surface area contributed by atoms with E-state index < -0.39 is 29.4 Å². The quantitative estimate of drug-likeness (QED) is 0.143. The monoisotopic (exact) mass is 863 g/mol. The summed E-state index contributed by atoms with van der Waals surface area (Å²) < 4.78 is 56.2. The number of ether oxygens (including phenoxy) is 1. The molecule has 14 nitrogen and oxygen atoms in total. The highest BCUT2D eigenvalue weighted by Gasteiger charge is 2.41. The van der Waals surface area contributed by atoms with E-state index in [1.54, 1.807) is 66.4 Å². The average Bonchev–Trinajstić information content (AvgIpc) is 4.10. The van der Waals surface area contributed by atoms with E-state index in [4.69, 9.17) is 4.74 Å². The van der Waals surface area contributed by atoms with Crippen LogP contribution in [0.3, 0.4) is 0 Å². The second-order valence-corrected chi connectivity index (χ2v) is 17.0. The van der Waals surface area contributed by atoms with Crippen molar-refractivity contribution in [1.29, 1.82) is 0 Å². The summed E-state index contributed by atoms with van der Waals surface area (Å²) in [5.41, 5.74) is 3.09. The molecule has 4 aliphatic rings. The van der Waals surface area contributed by atoms with E-state index in [2.05, 4.69) is 25.6 Å². The molecule has 63 heavy (non-hydrogen) atoms. The molecule has 6 heterocycles. The Morgan fingerprint density at radius 2 is 1.73 bits per heavy atom. The van der Waals surface area contributed by atoms with Gasteiger partial charge in [0.1, 0.15) is 29.1 Å². The third kappa shape index (κ3) is 8.07. The summed E-state index contributed by atoms with van der Waals surface area (Å²) in [6.07, 6.45) is 6.58. The van der Waals surface area contributed by atoms with E-state index in [1.165, 1.54) is 24.1 Å². The van der Waals surface area contributed by atoms with Gasteiger partial charge in [-0.15, -0.1) is 0 Å². The number of aryl methyl sites for hydroxylation is 1. The van der Waals surface area contributed by atoms with Crippen molar-refractivity contribution in [1.82, 2.24) is 29.9 Å². The van der Waals surface area contributed by atoms with E-state index in [9.17, 15) is 19.2 Å². The predicted molar refractivity (Wildman–Crippen MR) is 232 cm³/mol. The van der Waals surface area contributed by atoms with Crippen LogP contribution in [-0.2, 0) is 20.9 Å². The minimum Gasteiger partial charge on any atom is -0.495 e. The number of methoxy groups -OCH3 is 1. The maximum atomic E-state index is 16.6. The zero-order valence-electron chi connectivity index (χ0n) is 35.2. The van der Waals surface area contributed by atoms with Gasteiger partial charge in [0.15, 0.2) is 5.82 Å². The van der Waals surface area contributed by atoms with E-state index in [1.807, 2.05) is 17.0 Å². The maximum absolute atomic E-state index is 16.6. The lowest BCUT2D eigenvalue weighted by Crippen LogP contribution is -2.47. The topological polar surface area (TPSA) is 148 Å². The summed E-state index contributed by atoms with van der Waals surface area (Å²) >= 11 is 0. The van der Waals surface area contributed by atoms with Crippen LogP contribution in [0.5, 0.6) is 5.75 Å². The van der Waals surface area contributed by atoms with Crippen molar-refractivity contribution in [2.24, 2.45) is 11.8 Å². The molecule has 4 aliphatic heterocycles. The molecule has 3 N–H and O–H groups in total. The van der Waals surface area contributed by atoms with Gasteiger partial charge in [-0.05, 0) is 60.4 Å². The standard InChI is InChI=1S/C46H48F3N9O5/c1-54(2)46(62)38-18-33-32(17-31(43(49)44(33)52-38)26-6-4-13-55(21-26)42(60)11-15-58-14-5-12-50-58)30-8-7-29(16-34(30)47)56-22-27-24-57(25-28(27)23-56)39-20-40(63-3)37(19-35(39)48)51-36-9-10-41(59)53-45(36)61/h5-8,12,14,16-20,27-28,36,51-52H,4,9-11,13,15,21-25H2,1-3H3,(H,53,59,61). The fourth-order valence-electron chi connectivity index (χ4n) is 9.43. The Kier molecular flexibility index (Phi) is 11.1. The third-order valence-electron chi connectivity index (χ3n) is 12.7. The molecule has 0 radical (unpaired) electrons. The number of aromatic amines is 1. The lowest BCUT2D eigenvalue weighted by Gasteiger charge is -2.28. The summed E-state index contributed by atoms with van der Waals surface area (Å²) in [4.78, 5) is 60.5. The number of rotatable bonds is 11. The first kappa shape index (κ1) is 41.6. The number of fused-ring (bicyclic) bond motifs is 2. The second kappa shape index (κ2) is 16.8. The van der Waals surface area contributed by atoms with E-state index in [0.29, 0.717) is 85.0 Å². The van der Waals surface area contributed by atoms with Crippen LogP contribution >= 0.6 is 0 Å². The zero-order chi connectivity index (χ0) is 44.1. The Hall–Kier alpha value is -6.78. The first-order chi connectivity index (χ1) is 30.3. The van der Waals surface area contributed by atoms with Gasteiger partial charge in [0.2, 0.25) is 17.7 Å². The number of carbonyl (C=O) groups excluding carboxylic acids is 4. The van der Waals surface area contributed by atoms with Gasteiger partial charge in [-0.3, -0.25) is 29.2 Å². The van der Waals surface area contributed by atoms with Crippen LogP contribution in [0.4, 0.5) is 30.2 Å². The van der Waals surface area contributed by atoms with Gasteiger partial charge in [-0.2, -0.15) is 5.10 Å². The Bertz CT molecular complexity index is 2650. The van der Waals surface area contributed by atoms with Crippen LogP contribution < -0.4 is 25.2 Å². The highest BCUT2D eigenvalue weighted by Crippen LogP contribution is 2.42. The number of benzene rings is 3. The van der Waals surface area contributed by atoms with Gasteiger partial charge in [-0.25, -0.2) is 13.2 Å². The number of nitrogens with one attached hydrogen (secondary N) is 3. The van der Waals surface area contributed by atoms with Crippen molar-refractivity contribution < 1.29 is 37.1 Å². The van der Waals surface area contributed by atoms with Crippen molar-refractivity contribution in [3.63, 3.8) is 0 Å². The fraction of sp³-hybridized carbons (Fsp3) is 0.370. The number of hydrogen-bond acceptors (Lipinski definition) is 9. The van der Waals surface area contributed by atoms with Gasteiger partial charge in [-0.1, -0.05) is 6.08 Å². The molecule has 3 saturated heterocycles. The zero-order valence-corrected chi connectivity index (χ0v) is 35.2. The number of hydrogen-bond donors (Lipinski definition) is 3. The molecule has 3 aromatic carbocycles. The SMILES string of the molecule is COc1cc(N2CC3CN(c4ccc(-c5cc(C6=CCCN(C(=O)CCn7cccn7)C6)c(F)c6[nH]c(C(=O)N(C)C)cc56)c(F)c4)CC3C2)c(F)cc1NC1CCC(=O)NC1=O. The number of halogens is 3. The first-order valence-corrected chi connectivity index (χ1v) is 21.1. The molecule has 3 fully saturated rings. The summed E-state index contributed by atoms with van der Waals surface area (Å²) in [7, 11) is 4.68. The van der Waals surface area contributed by atoms with Crippen LogP contribution in [-0.4, -0.2) is 115 Å². The molecular weight excluding hydrogens is 816 g/mol. The molecule has 328 valence electrons. The Labute approximate surface area is 361 Å². The molecule has 3 unspecified atom stereocenters. The summed E-state index contributed by atoms with van der Waals surface area (Å²) in [5, 5.41) is 9.86. The van der Waals surface area contributed by atoms with E-state index in [-0.39, 0.29) is 77.7 Å². The van der Waals surface area contributed by atoms with Crippen LogP contribution in [0.15, 0.2) is 67.0 Å². The lowest BCUT2D eigenvalue weighted by molar-refractivity contribution is -0.134. The number of H-pyrrole nitrogens is 1. The van der Waals surface area contributed by atoms with E-state index in [0.717, 1.165) is 0 Å². The molecule has 17 heteroatoms. The van der Waals surface area contributed by atoms with Gasteiger partial charge >= 0.3 is 0 Å². The molecule has 0 bridgehead atoms. The molecule has 4 amide bonds. The number of imide groups is 1. The van der Waals surface area contributed by atoms with Gasteiger partial charge < -0.3 is 34.6 Å². The third-order valence-corrected chi connectivity index (χ3v) is 12.7. The molecule has 0 saturated carbocycles. The highest BCUT2D eigenvalue weighted by molar-refractivity contribution is 6.05.